The number of hydrogen-bond acceptors (Lipinski definition) is 2. The Bertz CT molecular complexity index is 534. The summed E-state index contributed by atoms with van der Waals surface area (Å²) in [6, 6.07) is 4.19. The molecule has 0 aliphatic heterocycles. The molecule has 102 valence electrons. The smallest absolute Gasteiger partial charge is 0.170 e. The van der Waals surface area contributed by atoms with E-state index >= 15 is 0 Å². The normalized spacial score (nSPS) is 22.8. The molecular weight excluding hydrogens is 243 g/mol. The van der Waals surface area contributed by atoms with Gasteiger partial charge in [-0.2, -0.15) is 0 Å². The third-order valence-electron chi connectivity index (χ3n) is 4.03. The summed E-state index contributed by atoms with van der Waals surface area (Å²) in [5.74, 6) is -0.238. The van der Waals surface area contributed by atoms with Crippen molar-refractivity contribution >= 4 is 11.6 Å². The summed E-state index contributed by atoms with van der Waals surface area (Å²) in [7, 11) is 0. The second-order valence-electron chi connectivity index (χ2n) is 5.98. The highest BCUT2D eigenvalue weighted by Crippen LogP contribution is 2.39. The van der Waals surface area contributed by atoms with E-state index in [2.05, 4.69) is 13.8 Å². The molecule has 0 spiro atoms. The third kappa shape index (κ3) is 2.46. The van der Waals surface area contributed by atoms with Crippen LogP contribution in [0.15, 0.2) is 18.2 Å². The lowest BCUT2D eigenvalue weighted by atomic mass is 9.67. The number of halogens is 1. The summed E-state index contributed by atoms with van der Waals surface area (Å²) in [6.07, 6.45) is 1.51. The van der Waals surface area contributed by atoms with Gasteiger partial charge >= 0.3 is 0 Å². The molecule has 1 aromatic rings. The van der Waals surface area contributed by atoms with Gasteiger partial charge in [0.15, 0.2) is 11.6 Å². The minimum absolute atomic E-state index is 0.0442. The number of carbonyl (C=O) groups is 2. The van der Waals surface area contributed by atoms with E-state index in [0.717, 1.165) is 6.42 Å². The molecule has 0 unspecified atom stereocenters. The number of Topliss-reactive ketones (excluding diaryl/α,β-unsaturated/α-hetero) is 2. The fourth-order valence-electron chi connectivity index (χ4n) is 2.67. The van der Waals surface area contributed by atoms with E-state index in [9.17, 15) is 14.0 Å². The van der Waals surface area contributed by atoms with E-state index in [1.807, 2.05) is 6.92 Å². The Hall–Kier alpha value is -1.51. The zero-order valence-electron chi connectivity index (χ0n) is 11.6. The van der Waals surface area contributed by atoms with Crippen molar-refractivity contribution in [2.45, 2.75) is 45.4 Å². The number of carbonyl (C=O) groups excluding carboxylic acids is 2. The van der Waals surface area contributed by atoms with Gasteiger partial charge in [0.1, 0.15) is 5.82 Å². The van der Waals surface area contributed by atoms with Crippen LogP contribution in [0.25, 0.3) is 0 Å². The molecule has 0 N–H and O–H groups in total. The van der Waals surface area contributed by atoms with E-state index in [1.54, 1.807) is 6.07 Å². The maximum Gasteiger partial charge on any atom is 0.170 e. The monoisotopic (exact) mass is 262 g/mol. The number of rotatable bonds is 3. The van der Waals surface area contributed by atoms with Gasteiger partial charge in [0.2, 0.25) is 0 Å². The first kappa shape index (κ1) is 13.9. The van der Waals surface area contributed by atoms with E-state index in [1.165, 1.54) is 12.1 Å². The molecule has 0 amide bonds. The van der Waals surface area contributed by atoms with Crippen LogP contribution in [-0.4, -0.2) is 11.6 Å². The van der Waals surface area contributed by atoms with Crippen molar-refractivity contribution in [1.82, 2.24) is 0 Å². The number of hydrogen-bond donors (Lipinski definition) is 0. The minimum atomic E-state index is -0.652. The van der Waals surface area contributed by atoms with Gasteiger partial charge in [-0.05, 0) is 43.4 Å². The number of ketones is 2. The predicted molar refractivity (Wildman–Crippen MR) is 71.8 cm³/mol. The van der Waals surface area contributed by atoms with Crippen LogP contribution in [0.1, 0.15) is 56.0 Å². The van der Waals surface area contributed by atoms with Crippen LogP contribution in [0.2, 0.25) is 0 Å². The molecule has 1 aliphatic rings. The van der Waals surface area contributed by atoms with Crippen molar-refractivity contribution in [3.05, 3.63) is 35.1 Å². The molecule has 0 bridgehead atoms. The molecule has 19 heavy (non-hydrogen) atoms. The van der Waals surface area contributed by atoms with Gasteiger partial charge in [-0.25, -0.2) is 4.39 Å². The summed E-state index contributed by atoms with van der Waals surface area (Å²) >= 11 is 0. The number of benzene rings is 1. The highest BCUT2D eigenvalue weighted by Gasteiger charge is 2.42. The molecule has 0 fully saturated rings. The van der Waals surface area contributed by atoms with Crippen LogP contribution in [-0.2, 0) is 10.2 Å². The average Bonchev–Trinajstić information content (AvgIpc) is 2.34. The molecule has 2 nitrogen and oxygen atoms in total. The molecular formula is C16H19FO2. The van der Waals surface area contributed by atoms with Crippen molar-refractivity contribution in [3.63, 3.8) is 0 Å². The van der Waals surface area contributed by atoms with Gasteiger partial charge in [0, 0.05) is 5.56 Å². The van der Waals surface area contributed by atoms with Crippen molar-refractivity contribution in [2.75, 3.05) is 0 Å². The zero-order chi connectivity index (χ0) is 14.2. The van der Waals surface area contributed by atoms with E-state index in [0.29, 0.717) is 23.5 Å². The fourth-order valence-corrected chi connectivity index (χ4v) is 2.67. The molecule has 0 radical (unpaired) electrons. The standard InChI is InChI=1S/C16H19FO2/c1-10(2)6-7-16(3)13-5-4-11(17)8-12(13)14(18)9-15(16)19/h4-5,8,10H,6-7,9H2,1-3H3/t16-/m1/s1. The fraction of sp³-hybridized carbons (Fsp3) is 0.500. The first-order chi connectivity index (χ1) is 8.84. The highest BCUT2D eigenvalue weighted by molar-refractivity contribution is 6.16. The summed E-state index contributed by atoms with van der Waals surface area (Å²) < 4.78 is 13.3. The van der Waals surface area contributed by atoms with Crippen molar-refractivity contribution < 1.29 is 14.0 Å². The maximum absolute atomic E-state index is 13.3. The zero-order valence-corrected chi connectivity index (χ0v) is 11.6. The van der Waals surface area contributed by atoms with Crippen molar-refractivity contribution in [3.8, 4) is 0 Å². The van der Waals surface area contributed by atoms with Gasteiger partial charge in [-0.1, -0.05) is 19.9 Å². The van der Waals surface area contributed by atoms with Gasteiger partial charge < -0.3 is 0 Å². The van der Waals surface area contributed by atoms with Crippen LogP contribution in [0.4, 0.5) is 4.39 Å². The summed E-state index contributed by atoms with van der Waals surface area (Å²) in [6.45, 7) is 6.08. The van der Waals surface area contributed by atoms with E-state index in [-0.39, 0.29) is 18.0 Å². The molecule has 1 aromatic carbocycles. The van der Waals surface area contributed by atoms with E-state index < -0.39 is 11.2 Å². The number of fused-ring (bicyclic) bond motifs is 1. The molecule has 1 aliphatic carbocycles. The first-order valence-corrected chi connectivity index (χ1v) is 6.71. The SMILES string of the molecule is CC(C)CC[C@@]1(C)C(=O)CC(=O)c2cc(F)ccc21. The molecule has 3 heteroatoms. The van der Waals surface area contributed by atoms with Gasteiger partial charge in [0.25, 0.3) is 0 Å². The first-order valence-electron chi connectivity index (χ1n) is 6.71. The molecule has 0 saturated heterocycles. The Morgan fingerprint density at radius 2 is 2.00 bits per heavy atom. The second kappa shape index (κ2) is 4.87. The lowest BCUT2D eigenvalue weighted by molar-refractivity contribution is -0.123. The second-order valence-corrected chi connectivity index (χ2v) is 5.98. The lowest BCUT2D eigenvalue weighted by Crippen LogP contribution is -2.40. The average molecular weight is 262 g/mol. The Kier molecular flexibility index (Phi) is 3.57. The van der Waals surface area contributed by atoms with Crippen LogP contribution in [0.5, 0.6) is 0 Å². The van der Waals surface area contributed by atoms with Gasteiger partial charge in [0.05, 0.1) is 11.8 Å². The van der Waals surface area contributed by atoms with E-state index in [4.69, 9.17) is 0 Å². The van der Waals surface area contributed by atoms with Crippen LogP contribution in [0.3, 0.4) is 0 Å². The minimum Gasteiger partial charge on any atom is -0.298 e. The molecule has 0 aromatic heterocycles. The molecule has 2 rings (SSSR count). The van der Waals surface area contributed by atoms with Gasteiger partial charge in [-0.15, -0.1) is 0 Å². The van der Waals surface area contributed by atoms with Crippen LogP contribution in [0, 0.1) is 11.7 Å². The quantitative estimate of drug-likeness (QED) is 0.779. The summed E-state index contributed by atoms with van der Waals surface area (Å²) in [4.78, 5) is 24.2. The topological polar surface area (TPSA) is 34.1 Å². The highest BCUT2D eigenvalue weighted by atomic mass is 19.1. The maximum atomic E-state index is 13.3. The Labute approximate surface area is 113 Å². The Balaban J connectivity index is 2.47. The summed E-state index contributed by atoms with van der Waals surface area (Å²) in [5.41, 5.74) is 0.419. The largest absolute Gasteiger partial charge is 0.298 e. The Morgan fingerprint density at radius 1 is 1.32 bits per heavy atom. The molecule has 1 atom stereocenters. The van der Waals surface area contributed by atoms with Crippen molar-refractivity contribution in [2.24, 2.45) is 5.92 Å². The van der Waals surface area contributed by atoms with Crippen molar-refractivity contribution in [1.29, 1.82) is 0 Å². The van der Waals surface area contributed by atoms with Crippen LogP contribution < -0.4 is 0 Å². The lowest BCUT2D eigenvalue weighted by Gasteiger charge is -2.34. The molecule has 0 heterocycles. The van der Waals surface area contributed by atoms with Gasteiger partial charge in [-0.3, -0.25) is 9.59 Å². The third-order valence-corrected chi connectivity index (χ3v) is 4.03. The van der Waals surface area contributed by atoms with Crippen LogP contribution >= 0.6 is 0 Å². The summed E-state index contributed by atoms with van der Waals surface area (Å²) in [5, 5.41) is 0. The molecule has 0 saturated carbocycles. The Morgan fingerprint density at radius 3 is 2.63 bits per heavy atom. The predicted octanol–water partition coefficient (Wildman–Crippen LogP) is 3.68.